The second-order valence-corrected chi connectivity index (χ2v) is 5.10. The lowest BCUT2D eigenvalue weighted by Crippen LogP contribution is -2.38. The van der Waals surface area contributed by atoms with E-state index in [0.29, 0.717) is 23.7 Å². The molecule has 4 heteroatoms. The van der Waals surface area contributed by atoms with Crippen LogP contribution in [-0.4, -0.2) is 36.9 Å². The Labute approximate surface area is 106 Å². The van der Waals surface area contributed by atoms with Crippen molar-refractivity contribution < 1.29 is 9.59 Å². The fourth-order valence-corrected chi connectivity index (χ4v) is 2.35. The normalized spacial score (nSPS) is 19.8. The summed E-state index contributed by atoms with van der Waals surface area (Å²) in [5.74, 6) is 0.557. The summed E-state index contributed by atoms with van der Waals surface area (Å²) in [6.45, 7) is 0.910. The molecule has 1 aliphatic carbocycles. The van der Waals surface area contributed by atoms with Gasteiger partial charge in [-0.05, 0) is 30.9 Å². The smallest absolute Gasteiger partial charge is 0.256 e. The van der Waals surface area contributed by atoms with Crippen molar-refractivity contribution in [1.29, 1.82) is 0 Å². The standard InChI is InChI=1S/C14H16N2O2/c1-15-12-5-3-2-4-11(12)14(18)16(9-13(15)17)8-10-6-7-10/h2-5,10H,6-9H2,1H3. The van der Waals surface area contributed by atoms with Gasteiger partial charge in [0.2, 0.25) is 5.91 Å². The summed E-state index contributed by atoms with van der Waals surface area (Å²) >= 11 is 0. The van der Waals surface area contributed by atoms with Crippen molar-refractivity contribution in [2.24, 2.45) is 5.92 Å². The lowest BCUT2D eigenvalue weighted by atomic mass is 10.1. The number of nitrogens with zero attached hydrogens (tertiary/aromatic N) is 2. The molecule has 0 N–H and O–H groups in total. The summed E-state index contributed by atoms with van der Waals surface area (Å²) in [6.07, 6.45) is 2.35. The lowest BCUT2D eigenvalue weighted by Gasteiger charge is -2.19. The molecule has 1 aliphatic heterocycles. The van der Waals surface area contributed by atoms with Gasteiger partial charge >= 0.3 is 0 Å². The molecule has 1 heterocycles. The molecule has 1 aromatic carbocycles. The number of benzene rings is 1. The first kappa shape index (κ1) is 11.3. The molecule has 1 fully saturated rings. The molecule has 4 nitrogen and oxygen atoms in total. The largest absolute Gasteiger partial charge is 0.329 e. The highest BCUT2D eigenvalue weighted by molar-refractivity contribution is 6.09. The van der Waals surface area contributed by atoms with Gasteiger partial charge in [0.25, 0.3) is 5.91 Å². The average Bonchev–Trinajstić information content (AvgIpc) is 3.19. The Bertz CT molecular complexity index is 508. The highest BCUT2D eigenvalue weighted by Crippen LogP contribution is 2.32. The molecule has 0 bridgehead atoms. The van der Waals surface area contributed by atoms with E-state index < -0.39 is 0 Å². The number of hydrogen-bond acceptors (Lipinski definition) is 2. The van der Waals surface area contributed by atoms with Crippen LogP contribution in [0.4, 0.5) is 5.69 Å². The van der Waals surface area contributed by atoms with Crippen LogP contribution in [0.2, 0.25) is 0 Å². The van der Waals surface area contributed by atoms with Crippen molar-refractivity contribution in [2.75, 3.05) is 25.0 Å². The van der Waals surface area contributed by atoms with Crippen molar-refractivity contribution in [3.8, 4) is 0 Å². The fourth-order valence-electron chi connectivity index (χ4n) is 2.35. The third-order valence-corrected chi connectivity index (χ3v) is 3.66. The van der Waals surface area contributed by atoms with Gasteiger partial charge in [-0.2, -0.15) is 0 Å². The Balaban J connectivity index is 1.98. The Hall–Kier alpha value is -1.84. The molecule has 2 aliphatic rings. The molecule has 0 aromatic heterocycles. The van der Waals surface area contributed by atoms with Crippen LogP contribution in [0.5, 0.6) is 0 Å². The van der Waals surface area contributed by atoms with E-state index in [2.05, 4.69) is 0 Å². The maximum absolute atomic E-state index is 12.4. The zero-order valence-corrected chi connectivity index (χ0v) is 10.4. The first-order chi connectivity index (χ1) is 8.66. The molecule has 18 heavy (non-hydrogen) atoms. The number of anilines is 1. The van der Waals surface area contributed by atoms with Gasteiger partial charge in [-0.3, -0.25) is 9.59 Å². The molecule has 0 saturated heterocycles. The van der Waals surface area contributed by atoms with Crippen molar-refractivity contribution in [2.45, 2.75) is 12.8 Å². The molecule has 0 unspecified atom stereocenters. The van der Waals surface area contributed by atoms with Crippen LogP contribution in [0.25, 0.3) is 0 Å². The van der Waals surface area contributed by atoms with Crippen LogP contribution >= 0.6 is 0 Å². The van der Waals surface area contributed by atoms with Crippen molar-refractivity contribution in [3.63, 3.8) is 0 Å². The van der Waals surface area contributed by atoms with Gasteiger partial charge in [-0.1, -0.05) is 12.1 Å². The summed E-state index contributed by atoms with van der Waals surface area (Å²) < 4.78 is 0. The molecule has 1 saturated carbocycles. The van der Waals surface area contributed by atoms with Gasteiger partial charge in [-0.25, -0.2) is 0 Å². The van der Waals surface area contributed by atoms with E-state index in [1.807, 2.05) is 18.2 Å². The van der Waals surface area contributed by atoms with E-state index in [9.17, 15) is 9.59 Å². The summed E-state index contributed by atoms with van der Waals surface area (Å²) in [4.78, 5) is 27.8. The maximum Gasteiger partial charge on any atom is 0.256 e. The predicted molar refractivity (Wildman–Crippen MR) is 68.5 cm³/mol. The van der Waals surface area contributed by atoms with Gasteiger partial charge < -0.3 is 9.80 Å². The Morgan fingerprint density at radius 3 is 2.67 bits per heavy atom. The minimum absolute atomic E-state index is 0.0183. The second-order valence-electron chi connectivity index (χ2n) is 5.10. The summed E-state index contributed by atoms with van der Waals surface area (Å²) in [5.41, 5.74) is 1.34. The van der Waals surface area contributed by atoms with Crippen LogP contribution in [0.1, 0.15) is 23.2 Å². The molecule has 0 atom stereocenters. The van der Waals surface area contributed by atoms with Crippen molar-refractivity contribution in [3.05, 3.63) is 29.8 Å². The van der Waals surface area contributed by atoms with Gasteiger partial charge in [0.1, 0.15) is 6.54 Å². The molecular formula is C14H16N2O2. The van der Waals surface area contributed by atoms with Gasteiger partial charge in [0, 0.05) is 13.6 Å². The summed E-state index contributed by atoms with van der Waals surface area (Å²) in [7, 11) is 1.73. The number of para-hydroxylation sites is 1. The van der Waals surface area contributed by atoms with E-state index in [1.54, 1.807) is 22.9 Å². The molecule has 0 radical (unpaired) electrons. The highest BCUT2D eigenvalue weighted by Gasteiger charge is 2.33. The Morgan fingerprint density at radius 2 is 1.94 bits per heavy atom. The topological polar surface area (TPSA) is 40.6 Å². The third-order valence-electron chi connectivity index (χ3n) is 3.66. The van der Waals surface area contributed by atoms with Crippen LogP contribution in [0.15, 0.2) is 24.3 Å². The van der Waals surface area contributed by atoms with Gasteiger partial charge in [-0.15, -0.1) is 0 Å². The first-order valence-corrected chi connectivity index (χ1v) is 6.31. The Kier molecular flexibility index (Phi) is 2.58. The number of likely N-dealkylation sites (N-methyl/N-ethyl adjacent to an activating group) is 1. The number of amides is 2. The monoisotopic (exact) mass is 244 g/mol. The average molecular weight is 244 g/mol. The van der Waals surface area contributed by atoms with Crippen LogP contribution in [0.3, 0.4) is 0 Å². The van der Waals surface area contributed by atoms with Crippen LogP contribution < -0.4 is 4.90 Å². The predicted octanol–water partition coefficient (Wildman–Crippen LogP) is 1.52. The number of carbonyl (C=O) groups excluding carboxylic acids is 2. The summed E-state index contributed by atoms with van der Waals surface area (Å²) in [6, 6.07) is 7.32. The lowest BCUT2D eigenvalue weighted by molar-refractivity contribution is -0.118. The van der Waals surface area contributed by atoms with E-state index in [0.717, 1.165) is 0 Å². The fraction of sp³-hybridized carbons (Fsp3) is 0.429. The van der Waals surface area contributed by atoms with Crippen molar-refractivity contribution >= 4 is 17.5 Å². The molecule has 3 rings (SSSR count). The number of carbonyl (C=O) groups is 2. The number of rotatable bonds is 2. The summed E-state index contributed by atoms with van der Waals surface area (Å²) in [5, 5.41) is 0. The molecule has 2 amide bonds. The highest BCUT2D eigenvalue weighted by atomic mass is 16.2. The van der Waals surface area contributed by atoms with Gasteiger partial charge in [0.15, 0.2) is 0 Å². The molecule has 94 valence electrons. The third kappa shape index (κ3) is 1.88. The zero-order valence-electron chi connectivity index (χ0n) is 10.4. The SMILES string of the molecule is CN1C(=O)CN(CC2CC2)C(=O)c2ccccc21. The minimum Gasteiger partial charge on any atom is -0.329 e. The quantitative estimate of drug-likeness (QED) is 0.791. The van der Waals surface area contributed by atoms with E-state index in [4.69, 9.17) is 0 Å². The molecular weight excluding hydrogens is 228 g/mol. The van der Waals surface area contributed by atoms with E-state index in [1.165, 1.54) is 12.8 Å². The first-order valence-electron chi connectivity index (χ1n) is 6.31. The van der Waals surface area contributed by atoms with Gasteiger partial charge in [0.05, 0.1) is 11.3 Å². The molecule has 1 aromatic rings. The minimum atomic E-state index is -0.0195. The maximum atomic E-state index is 12.4. The Morgan fingerprint density at radius 1 is 1.22 bits per heavy atom. The second kappa shape index (κ2) is 4.12. The van der Waals surface area contributed by atoms with Crippen LogP contribution in [-0.2, 0) is 4.79 Å². The zero-order chi connectivity index (χ0) is 12.7. The van der Waals surface area contributed by atoms with Crippen molar-refractivity contribution in [1.82, 2.24) is 4.90 Å². The van der Waals surface area contributed by atoms with E-state index in [-0.39, 0.29) is 18.4 Å². The molecule has 0 spiro atoms. The van der Waals surface area contributed by atoms with Crippen LogP contribution in [0, 0.1) is 5.92 Å². The van der Waals surface area contributed by atoms with E-state index >= 15 is 0 Å². The number of hydrogen-bond donors (Lipinski definition) is 0. The number of fused-ring (bicyclic) bond motifs is 1.